The number of benzene rings is 2. The maximum atomic E-state index is 13.7. The number of non-ortho nitro benzene ring substituents is 1. The minimum atomic E-state index is -3.62. The lowest BCUT2D eigenvalue weighted by molar-refractivity contribution is -0.384. The summed E-state index contributed by atoms with van der Waals surface area (Å²) in [6, 6.07) is 10.5. The van der Waals surface area contributed by atoms with Crippen LogP contribution < -0.4 is 4.90 Å². The number of hydrogen-bond donors (Lipinski definition) is 0. The van der Waals surface area contributed by atoms with Crippen LogP contribution in [0.1, 0.15) is 31.1 Å². The zero-order valence-corrected chi connectivity index (χ0v) is 20.4. The van der Waals surface area contributed by atoms with Crippen molar-refractivity contribution in [1.29, 1.82) is 0 Å². The lowest BCUT2D eigenvalue weighted by Gasteiger charge is -2.25. The van der Waals surface area contributed by atoms with E-state index in [1.54, 1.807) is 18.2 Å². The number of amides is 1. The molecule has 0 bridgehead atoms. The molecule has 9 nitrogen and oxygen atoms in total. The van der Waals surface area contributed by atoms with Crippen LogP contribution in [0.2, 0.25) is 0 Å². The summed E-state index contributed by atoms with van der Waals surface area (Å²) in [6.07, 6.45) is 0. The largest absolute Gasteiger partial charge is 0.302 e. The number of nitrogens with zero attached hydrogens (tertiary/aromatic N) is 4. The predicted molar refractivity (Wildman–Crippen MR) is 130 cm³/mol. The molecule has 3 rings (SSSR count). The number of anilines is 1. The first kappa shape index (κ1) is 24.7. The Hall–Kier alpha value is -2.89. The summed E-state index contributed by atoms with van der Waals surface area (Å²) in [5, 5.41) is 11.5. The van der Waals surface area contributed by atoms with E-state index in [1.807, 2.05) is 13.8 Å². The van der Waals surface area contributed by atoms with E-state index in [4.69, 9.17) is 0 Å². The summed E-state index contributed by atoms with van der Waals surface area (Å²) in [6.45, 7) is 8.04. The second-order valence-electron chi connectivity index (χ2n) is 7.29. The summed E-state index contributed by atoms with van der Waals surface area (Å²) in [5.41, 5.74) is 0.568. The van der Waals surface area contributed by atoms with Crippen molar-refractivity contribution in [2.24, 2.45) is 0 Å². The Morgan fingerprint density at radius 1 is 1.09 bits per heavy atom. The molecule has 0 N–H and O–H groups in total. The van der Waals surface area contributed by atoms with Gasteiger partial charge in [-0.2, -0.15) is 0 Å². The summed E-state index contributed by atoms with van der Waals surface area (Å²) >= 11 is 1.17. The first-order valence-corrected chi connectivity index (χ1v) is 13.1. The molecular weight excluding hydrogens is 464 g/mol. The SMILES string of the molecule is CCN(CC)CCN(C(=O)c1ccccc1S(=O)(=O)CC)c1nc2ccc([N+](=O)[O-])cc2s1. The molecule has 0 unspecified atom stereocenters. The lowest BCUT2D eigenvalue weighted by atomic mass is 10.2. The third kappa shape index (κ3) is 5.37. The van der Waals surface area contributed by atoms with Crippen molar-refractivity contribution in [3.05, 3.63) is 58.1 Å². The van der Waals surface area contributed by atoms with Crippen LogP contribution in [0, 0.1) is 10.1 Å². The Balaban J connectivity index is 2.08. The van der Waals surface area contributed by atoms with Crippen LogP contribution in [0.3, 0.4) is 0 Å². The minimum absolute atomic E-state index is 0.0120. The highest BCUT2D eigenvalue weighted by Crippen LogP contribution is 2.33. The summed E-state index contributed by atoms with van der Waals surface area (Å²) in [5.74, 6) is -0.593. The standard InChI is InChI=1S/C22H26N4O5S2/c1-4-24(5-2)13-14-25(21(27)17-9-7-8-10-20(17)33(30,31)6-3)22-23-18-12-11-16(26(28)29)15-19(18)32-22/h7-12,15H,4-6,13-14H2,1-3H3. The van der Waals surface area contributed by atoms with Crippen molar-refractivity contribution in [2.45, 2.75) is 25.7 Å². The van der Waals surface area contributed by atoms with E-state index in [9.17, 15) is 23.3 Å². The van der Waals surface area contributed by atoms with Gasteiger partial charge in [0.1, 0.15) is 0 Å². The fraction of sp³-hybridized carbons (Fsp3) is 0.364. The van der Waals surface area contributed by atoms with E-state index in [-0.39, 0.29) is 21.9 Å². The highest BCUT2D eigenvalue weighted by molar-refractivity contribution is 7.91. The number of fused-ring (bicyclic) bond motifs is 1. The van der Waals surface area contributed by atoms with Crippen molar-refractivity contribution in [3.63, 3.8) is 0 Å². The number of likely N-dealkylation sites (N-methyl/N-ethyl adjacent to an activating group) is 1. The number of nitro groups is 1. The average molecular weight is 491 g/mol. The summed E-state index contributed by atoms with van der Waals surface area (Å²) in [7, 11) is -3.62. The lowest BCUT2D eigenvalue weighted by Crippen LogP contribution is -2.39. The molecule has 1 amide bonds. The molecule has 3 aromatic rings. The zero-order valence-electron chi connectivity index (χ0n) is 18.7. The Morgan fingerprint density at radius 3 is 2.42 bits per heavy atom. The number of hydrogen-bond acceptors (Lipinski definition) is 8. The third-order valence-electron chi connectivity index (χ3n) is 5.41. The molecule has 0 saturated heterocycles. The van der Waals surface area contributed by atoms with Crippen molar-refractivity contribution < 1.29 is 18.1 Å². The molecule has 11 heteroatoms. The number of thiazole rings is 1. The topological polar surface area (TPSA) is 114 Å². The van der Waals surface area contributed by atoms with Crippen LogP contribution in [-0.2, 0) is 9.84 Å². The number of aromatic nitrogens is 1. The monoisotopic (exact) mass is 490 g/mol. The molecule has 0 saturated carbocycles. The number of nitro benzene ring substituents is 1. The molecule has 0 aliphatic heterocycles. The normalized spacial score (nSPS) is 11.8. The molecule has 0 atom stereocenters. The first-order chi connectivity index (χ1) is 15.7. The Kier molecular flexibility index (Phi) is 7.77. The fourth-order valence-electron chi connectivity index (χ4n) is 3.41. The maximum Gasteiger partial charge on any atom is 0.270 e. The van der Waals surface area contributed by atoms with Crippen LogP contribution in [0.25, 0.3) is 10.2 Å². The van der Waals surface area contributed by atoms with Crippen molar-refractivity contribution >= 4 is 48.1 Å². The fourth-order valence-corrected chi connectivity index (χ4v) is 5.52. The van der Waals surface area contributed by atoms with Gasteiger partial charge in [-0.3, -0.25) is 19.8 Å². The molecular formula is C22H26N4O5S2. The number of carbonyl (C=O) groups is 1. The zero-order chi connectivity index (χ0) is 24.2. The van der Waals surface area contributed by atoms with E-state index in [0.717, 1.165) is 13.1 Å². The average Bonchev–Trinajstić information content (AvgIpc) is 3.24. The van der Waals surface area contributed by atoms with Gasteiger partial charge < -0.3 is 4.90 Å². The molecule has 1 aromatic heterocycles. The highest BCUT2D eigenvalue weighted by Gasteiger charge is 2.27. The Bertz CT molecular complexity index is 1270. The van der Waals surface area contributed by atoms with Crippen LogP contribution in [-0.4, -0.2) is 61.1 Å². The molecule has 1 heterocycles. The van der Waals surface area contributed by atoms with Crippen molar-refractivity contribution in [3.8, 4) is 0 Å². The molecule has 2 aromatic carbocycles. The molecule has 0 spiro atoms. The van der Waals surface area contributed by atoms with Gasteiger partial charge in [0.25, 0.3) is 11.6 Å². The van der Waals surface area contributed by atoms with Gasteiger partial charge in [-0.25, -0.2) is 13.4 Å². The van der Waals surface area contributed by atoms with Gasteiger partial charge in [0, 0.05) is 25.2 Å². The second-order valence-corrected chi connectivity index (χ2v) is 10.5. The van der Waals surface area contributed by atoms with E-state index in [0.29, 0.717) is 28.4 Å². The van der Waals surface area contributed by atoms with E-state index in [1.165, 1.54) is 47.4 Å². The molecule has 0 aliphatic carbocycles. The minimum Gasteiger partial charge on any atom is -0.302 e. The summed E-state index contributed by atoms with van der Waals surface area (Å²) in [4.78, 5) is 32.5. The van der Waals surface area contributed by atoms with Crippen molar-refractivity contribution in [1.82, 2.24) is 9.88 Å². The third-order valence-corrected chi connectivity index (χ3v) is 8.24. The smallest absolute Gasteiger partial charge is 0.270 e. The van der Waals surface area contributed by atoms with E-state index < -0.39 is 20.7 Å². The van der Waals surface area contributed by atoms with Gasteiger partial charge >= 0.3 is 0 Å². The highest BCUT2D eigenvalue weighted by atomic mass is 32.2. The van der Waals surface area contributed by atoms with Crippen LogP contribution in [0.15, 0.2) is 47.4 Å². The Morgan fingerprint density at radius 2 is 1.79 bits per heavy atom. The second kappa shape index (κ2) is 10.4. The number of sulfone groups is 1. The van der Waals surface area contributed by atoms with Gasteiger partial charge in [0.2, 0.25) is 0 Å². The maximum absolute atomic E-state index is 13.7. The molecule has 0 fully saturated rings. The van der Waals surface area contributed by atoms with Crippen LogP contribution in [0.4, 0.5) is 10.8 Å². The molecule has 33 heavy (non-hydrogen) atoms. The summed E-state index contributed by atoms with van der Waals surface area (Å²) < 4.78 is 25.8. The van der Waals surface area contributed by atoms with Gasteiger partial charge in [-0.1, -0.05) is 44.2 Å². The van der Waals surface area contributed by atoms with E-state index >= 15 is 0 Å². The van der Waals surface area contributed by atoms with Gasteiger partial charge in [-0.05, 0) is 31.3 Å². The molecule has 176 valence electrons. The predicted octanol–water partition coefficient (Wildman–Crippen LogP) is 3.99. The van der Waals surface area contributed by atoms with Crippen molar-refractivity contribution in [2.75, 3.05) is 36.8 Å². The number of carbonyl (C=O) groups excluding carboxylic acids is 1. The quantitative estimate of drug-likeness (QED) is 0.312. The first-order valence-electron chi connectivity index (χ1n) is 10.6. The molecule has 0 aliphatic rings. The van der Waals surface area contributed by atoms with Gasteiger partial charge in [0.05, 0.1) is 31.4 Å². The van der Waals surface area contributed by atoms with E-state index in [2.05, 4.69) is 9.88 Å². The number of rotatable bonds is 10. The van der Waals surface area contributed by atoms with Crippen LogP contribution in [0.5, 0.6) is 0 Å². The van der Waals surface area contributed by atoms with Gasteiger partial charge in [-0.15, -0.1) is 0 Å². The molecule has 0 radical (unpaired) electrons. The Labute approximate surface area is 196 Å². The van der Waals surface area contributed by atoms with Crippen LogP contribution >= 0.6 is 11.3 Å². The van der Waals surface area contributed by atoms with Gasteiger partial charge in [0.15, 0.2) is 15.0 Å².